The molecule has 3 aromatic rings. The van der Waals surface area contributed by atoms with Gasteiger partial charge in [0.05, 0.1) is 22.3 Å². The molecule has 0 aliphatic carbocycles. The van der Waals surface area contributed by atoms with Crippen molar-refractivity contribution in [3.8, 4) is 0 Å². The summed E-state index contributed by atoms with van der Waals surface area (Å²) in [5, 5.41) is 6.85. The number of rotatable bonds is 3. The van der Waals surface area contributed by atoms with Crippen molar-refractivity contribution in [2.75, 3.05) is 0 Å². The van der Waals surface area contributed by atoms with Crippen LogP contribution in [0.15, 0.2) is 33.8 Å². The Morgan fingerprint density at radius 2 is 2.09 bits per heavy atom. The van der Waals surface area contributed by atoms with Crippen molar-refractivity contribution in [3.63, 3.8) is 0 Å². The fraction of sp³-hybridized carbons (Fsp3) is 0.312. The molecule has 120 valence electrons. The van der Waals surface area contributed by atoms with Crippen LogP contribution in [0.5, 0.6) is 0 Å². The number of hydrogen-bond donors (Lipinski definition) is 3. The molecule has 0 saturated carbocycles. The van der Waals surface area contributed by atoms with Crippen LogP contribution in [-0.4, -0.2) is 21.0 Å². The molecule has 7 heteroatoms. The van der Waals surface area contributed by atoms with E-state index < -0.39 is 0 Å². The van der Waals surface area contributed by atoms with Crippen LogP contribution in [0.25, 0.3) is 11.0 Å². The van der Waals surface area contributed by atoms with Gasteiger partial charge in [-0.1, -0.05) is 32.0 Å². The van der Waals surface area contributed by atoms with Gasteiger partial charge in [0.25, 0.3) is 5.91 Å². The van der Waals surface area contributed by atoms with Gasteiger partial charge in [0.2, 0.25) is 0 Å². The number of H-pyrrole nitrogens is 2. The summed E-state index contributed by atoms with van der Waals surface area (Å²) >= 11 is 0. The van der Waals surface area contributed by atoms with Crippen molar-refractivity contribution < 1.29 is 9.32 Å². The van der Waals surface area contributed by atoms with Crippen molar-refractivity contribution in [1.82, 2.24) is 20.4 Å². The van der Waals surface area contributed by atoms with E-state index in [9.17, 15) is 9.59 Å². The Morgan fingerprint density at radius 3 is 2.83 bits per heavy atom. The Bertz CT molecular complexity index is 911. The minimum absolute atomic E-state index is 0.168. The fourth-order valence-electron chi connectivity index (χ4n) is 2.52. The molecule has 3 rings (SSSR count). The van der Waals surface area contributed by atoms with Crippen LogP contribution in [-0.2, 0) is 12.0 Å². The zero-order chi connectivity index (χ0) is 16.6. The standard InChI is InChI=1S/C16H18N4O3/c1-16(2,3)13-9(8-23-20-13)7-17-14(21)10-5-4-6-11-12(10)19-15(22)18-11/h4-6,8H,7H2,1-3H3,(H,17,21)(H2,18,19,22). The van der Waals surface area contributed by atoms with Crippen molar-refractivity contribution in [1.29, 1.82) is 0 Å². The number of carbonyl (C=O) groups excluding carboxylic acids is 1. The molecule has 0 unspecified atom stereocenters. The molecule has 2 aromatic heterocycles. The maximum Gasteiger partial charge on any atom is 0.323 e. The van der Waals surface area contributed by atoms with E-state index in [0.717, 1.165) is 11.3 Å². The third-order valence-corrected chi connectivity index (χ3v) is 3.59. The topological polar surface area (TPSA) is 104 Å². The van der Waals surface area contributed by atoms with E-state index >= 15 is 0 Å². The van der Waals surface area contributed by atoms with E-state index in [2.05, 4.69) is 20.4 Å². The zero-order valence-corrected chi connectivity index (χ0v) is 13.2. The number of para-hydroxylation sites is 1. The summed E-state index contributed by atoms with van der Waals surface area (Å²) in [6, 6.07) is 5.13. The van der Waals surface area contributed by atoms with E-state index in [4.69, 9.17) is 4.52 Å². The molecule has 1 amide bonds. The van der Waals surface area contributed by atoms with E-state index in [1.54, 1.807) is 24.5 Å². The Balaban J connectivity index is 1.82. The summed E-state index contributed by atoms with van der Waals surface area (Å²) in [5.74, 6) is -0.271. The van der Waals surface area contributed by atoms with Gasteiger partial charge in [0.15, 0.2) is 0 Å². The minimum atomic E-state index is -0.339. The van der Waals surface area contributed by atoms with Crippen molar-refractivity contribution in [3.05, 3.63) is 51.8 Å². The highest BCUT2D eigenvalue weighted by Crippen LogP contribution is 2.24. The quantitative estimate of drug-likeness (QED) is 0.688. The predicted octanol–water partition coefficient (Wildman–Crippen LogP) is 2.07. The van der Waals surface area contributed by atoms with Crippen LogP contribution < -0.4 is 11.0 Å². The number of aromatic nitrogens is 3. The number of amides is 1. The third-order valence-electron chi connectivity index (χ3n) is 3.59. The highest BCUT2D eigenvalue weighted by Gasteiger charge is 2.22. The molecule has 0 bridgehead atoms. The molecule has 23 heavy (non-hydrogen) atoms. The average molecular weight is 314 g/mol. The molecule has 0 aliphatic heterocycles. The smallest absolute Gasteiger partial charge is 0.323 e. The van der Waals surface area contributed by atoms with Crippen LogP contribution in [0.2, 0.25) is 0 Å². The summed E-state index contributed by atoms with van der Waals surface area (Å²) in [7, 11) is 0. The van der Waals surface area contributed by atoms with Gasteiger partial charge in [-0.05, 0) is 12.1 Å². The Kier molecular flexibility index (Phi) is 3.55. The molecule has 3 N–H and O–H groups in total. The maximum absolute atomic E-state index is 12.4. The number of hydrogen-bond acceptors (Lipinski definition) is 4. The van der Waals surface area contributed by atoms with Crippen molar-refractivity contribution in [2.45, 2.75) is 32.7 Å². The maximum atomic E-state index is 12.4. The van der Waals surface area contributed by atoms with Gasteiger partial charge >= 0.3 is 5.69 Å². The molecule has 0 spiro atoms. The van der Waals surface area contributed by atoms with Gasteiger partial charge in [-0.3, -0.25) is 4.79 Å². The van der Waals surface area contributed by atoms with Gasteiger partial charge in [-0.25, -0.2) is 4.79 Å². The molecule has 1 aromatic carbocycles. The van der Waals surface area contributed by atoms with E-state index in [-0.39, 0.29) is 17.0 Å². The van der Waals surface area contributed by atoms with Crippen LogP contribution in [0.1, 0.15) is 42.4 Å². The van der Waals surface area contributed by atoms with Crippen LogP contribution in [0.3, 0.4) is 0 Å². The molecule has 0 saturated heterocycles. The van der Waals surface area contributed by atoms with Crippen LogP contribution in [0.4, 0.5) is 0 Å². The first-order chi connectivity index (χ1) is 10.9. The first kappa shape index (κ1) is 15.1. The molecule has 7 nitrogen and oxygen atoms in total. The molecular weight excluding hydrogens is 296 g/mol. The largest absolute Gasteiger partial charge is 0.364 e. The average Bonchev–Trinajstić information content (AvgIpc) is 3.08. The highest BCUT2D eigenvalue weighted by molar-refractivity contribution is 6.04. The molecule has 2 heterocycles. The molecular formula is C16H18N4O3. The monoisotopic (exact) mass is 314 g/mol. The van der Waals surface area contributed by atoms with Gasteiger partial charge < -0.3 is 19.8 Å². The van der Waals surface area contributed by atoms with Crippen LogP contribution >= 0.6 is 0 Å². The lowest BCUT2D eigenvalue weighted by Gasteiger charge is -2.16. The molecule has 0 atom stereocenters. The lowest BCUT2D eigenvalue weighted by atomic mass is 9.89. The summed E-state index contributed by atoms with van der Waals surface area (Å²) < 4.78 is 5.03. The fourth-order valence-corrected chi connectivity index (χ4v) is 2.52. The minimum Gasteiger partial charge on any atom is -0.364 e. The summed E-state index contributed by atoms with van der Waals surface area (Å²) in [6.07, 6.45) is 1.54. The number of imidazole rings is 1. The first-order valence-electron chi connectivity index (χ1n) is 7.29. The van der Waals surface area contributed by atoms with Gasteiger partial charge in [-0.15, -0.1) is 0 Å². The Morgan fingerprint density at radius 1 is 1.30 bits per heavy atom. The second kappa shape index (κ2) is 5.42. The summed E-state index contributed by atoms with van der Waals surface area (Å²) in [6.45, 7) is 6.39. The van der Waals surface area contributed by atoms with E-state index in [1.165, 1.54) is 0 Å². The number of carbonyl (C=O) groups is 1. The number of nitrogens with zero attached hydrogens (tertiary/aromatic N) is 1. The molecule has 0 aliphatic rings. The zero-order valence-electron chi connectivity index (χ0n) is 13.2. The highest BCUT2D eigenvalue weighted by atomic mass is 16.5. The van der Waals surface area contributed by atoms with Crippen molar-refractivity contribution >= 4 is 16.9 Å². The Labute approximate surface area is 132 Å². The number of aromatic amines is 2. The lowest BCUT2D eigenvalue weighted by molar-refractivity contribution is 0.0952. The normalized spacial score (nSPS) is 11.8. The molecule has 0 radical (unpaired) electrons. The Hall–Kier alpha value is -2.83. The molecule has 0 fully saturated rings. The summed E-state index contributed by atoms with van der Waals surface area (Å²) in [4.78, 5) is 29.1. The van der Waals surface area contributed by atoms with E-state index in [0.29, 0.717) is 23.1 Å². The number of fused-ring (bicyclic) bond motifs is 1. The third kappa shape index (κ3) is 2.90. The van der Waals surface area contributed by atoms with Gasteiger partial charge in [-0.2, -0.15) is 0 Å². The second-order valence-corrected chi connectivity index (χ2v) is 6.43. The van der Waals surface area contributed by atoms with Gasteiger partial charge in [0.1, 0.15) is 6.26 Å². The summed E-state index contributed by atoms with van der Waals surface area (Å²) in [5.41, 5.74) is 2.65. The lowest BCUT2D eigenvalue weighted by Crippen LogP contribution is -2.25. The first-order valence-corrected chi connectivity index (χ1v) is 7.29. The predicted molar refractivity (Wildman–Crippen MR) is 85.3 cm³/mol. The van der Waals surface area contributed by atoms with Crippen LogP contribution in [0, 0.1) is 0 Å². The SMILES string of the molecule is CC(C)(C)c1nocc1CNC(=O)c1cccc2[nH]c(=O)[nH]c12. The van der Waals surface area contributed by atoms with Crippen molar-refractivity contribution in [2.24, 2.45) is 0 Å². The second-order valence-electron chi connectivity index (χ2n) is 6.43. The number of nitrogens with one attached hydrogen (secondary N) is 3. The van der Waals surface area contributed by atoms with E-state index in [1.807, 2.05) is 20.8 Å². The van der Waals surface area contributed by atoms with Gasteiger partial charge in [0, 0.05) is 17.5 Å². The number of benzene rings is 1.